The SMILES string of the molecule is CN(CC(C)(C)C)C(=O)C(N)C(=O)O. The van der Waals surface area contributed by atoms with E-state index in [2.05, 4.69) is 0 Å². The van der Waals surface area contributed by atoms with Gasteiger partial charge in [0, 0.05) is 13.6 Å². The second kappa shape index (κ2) is 4.41. The number of rotatable bonds is 3. The van der Waals surface area contributed by atoms with Gasteiger partial charge >= 0.3 is 5.97 Å². The van der Waals surface area contributed by atoms with E-state index in [1.165, 1.54) is 4.90 Å². The number of carbonyl (C=O) groups excluding carboxylic acids is 1. The van der Waals surface area contributed by atoms with Crippen molar-refractivity contribution in [2.24, 2.45) is 11.1 Å². The average molecular weight is 202 g/mol. The minimum Gasteiger partial charge on any atom is -0.480 e. The summed E-state index contributed by atoms with van der Waals surface area (Å²) in [7, 11) is 1.55. The molecule has 0 saturated heterocycles. The Hall–Kier alpha value is -1.10. The van der Waals surface area contributed by atoms with E-state index >= 15 is 0 Å². The molecule has 1 atom stereocenters. The molecule has 0 rings (SSSR count). The van der Waals surface area contributed by atoms with E-state index in [1.807, 2.05) is 20.8 Å². The number of carbonyl (C=O) groups is 2. The standard InChI is InChI=1S/C9H18N2O3/c1-9(2,3)5-11(4)7(12)6(10)8(13)14/h6H,5,10H2,1-4H3,(H,13,14). The van der Waals surface area contributed by atoms with Crippen LogP contribution in [-0.4, -0.2) is 41.5 Å². The predicted octanol–water partition coefficient (Wildman–Crippen LogP) is -0.0972. The van der Waals surface area contributed by atoms with Crippen molar-refractivity contribution in [1.82, 2.24) is 4.90 Å². The molecule has 1 amide bonds. The summed E-state index contributed by atoms with van der Waals surface area (Å²) < 4.78 is 0. The summed E-state index contributed by atoms with van der Waals surface area (Å²) in [4.78, 5) is 23.2. The lowest BCUT2D eigenvalue weighted by Gasteiger charge is -2.27. The van der Waals surface area contributed by atoms with Gasteiger partial charge in [-0.2, -0.15) is 0 Å². The van der Waals surface area contributed by atoms with E-state index in [0.29, 0.717) is 6.54 Å². The fourth-order valence-corrected chi connectivity index (χ4v) is 1.13. The summed E-state index contributed by atoms with van der Waals surface area (Å²) in [6, 6.07) is -1.46. The average Bonchev–Trinajstić information content (AvgIpc) is 1.98. The summed E-state index contributed by atoms with van der Waals surface area (Å²) in [6.07, 6.45) is 0. The van der Waals surface area contributed by atoms with Gasteiger partial charge in [0.1, 0.15) is 0 Å². The van der Waals surface area contributed by atoms with Crippen molar-refractivity contribution < 1.29 is 14.7 Å². The van der Waals surface area contributed by atoms with Gasteiger partial charge in [0.05, 0.1) is 0 Å². The highest BCUT2D eigenvalue weighted by molar-refractivity contribution is 6.00. The summed E-state index contributed by atoms with van der Waals surface area (Å²) in [5.74, 6) is -1.86. The maximum Gasteiger partial charge on any atom is 0.330 e. The molecule has 0 aromatic heterocycles. The predicted molar refractivity (Wildman–Crippen MR) is 52.7 cm³/mol. The van der Waals surface area contributed by atoms with Crippen LogP contribution in [0.2, 0.25) is 0 Å². The van der Waals surface area contributed by atoms with Crippen LogP contribution in [0.4, 0.5) is 0 Å². The quantitative estimate of drug-likeness (QED) is 0.626. The number of carboxylic acid groups (broad SMARTS) is 1. The van der Waals surface area contributed by atoms with E-state index in [4.69, 9.17) is 10.8 Å². The van der Waals surface area contributed by atoms with Gasteiger partial charge in [-0.3, -0.25) is 4.79 Å². The molecule has 0 bridgehead atoms. The molecule has 0 spiro atoms. The smallest absolute Gasteiger partial charge is 0.330 e. The van der Waals surface area contributed by atoms with Crippen LogP contribution in [0.1, 0.15) is 20.8 Å². The van der Waals surface area contributed by atoms with E-state index in [1.54, 1.807) is 7.05 Å². The number of hydrogen-bond donors (Lipinski definition) is 2. The zero-order valence-corrected chi connectivity index (χ0v) is 9.07. The van der Waals surface area contributed by atoms with Crippen molar-refractivity contribution >= 4 is 11.9 Å². The van der Waals surface area contributed by atoms with E-state index in [-0.39, 0.29) is 5.41 Å². The van der Waals surface area contributed by atoms with Crippen LogP contribution in [0.15, 0.2) is 0 Å². The summed E-state index contributed by atoms with van der Waals surface area (Å²) in [5, 5.41) is 8.53. The Morgan fingerprint density at radius 2 is 1.86 bits per heavy atom. The Morgan fingerprint density at radius 1 is 1.43 bits per heavy atom. The van der Waals surface area contributed by atoms with Crippen LogP contribution in [-0.2, 0) is 9.59 Å². The fraction of sp³-hybridized carbons (Fsp3) is 0.778. The van der Waals surface area contributed by atoms with Crippen molar-refractivity contribution in [2.45, 2.75) is 26.8 Å². The van der Waals surface area contributed by atoms with Crippen LogP contribution in [0, 0.1) is 5.41 Å². The Kier molecular flexibility index (Phi) is 4.07. The van der Waals surface area contributed by atoms with Crippen molar-refractivity contribution in [2.75, 3.05) is 13.6 Å². The Bertz CT molecular complexity index is 233. The van der Waals surface area contributed by atoms with Gasteiger partial charge in [0.2, 0.25) is 0 Å². The number of aliphatic carboxylic acids is 1. The molecule has 0 heterocycles. The van der Waals surface area contributed by atoms with E-state index in [0.717, 1.165) is 0 Å². The zero-order chi connectivity index (χ0) is 11.5. The lowest BCUT2D eigenvalue weighted by Crippen LogP contribution is -2.48. The van der Waals surface area contributed by atoms with Gasteiger partial charge in [-0.25, -0.2) is 4.79 Å². The maximum atomic E-state index is 11.4. The molecular weight excluding hydrogens is 184 g/mol. The first kappa shape index (κ1) is 12.9. The molecule has 0 fully saturated rings. The minimum atomic E-state index is -1.46. The Morgan fingerprint density at radius 3 is 2.14 bits per heavy atom. The molecule has 0 aliphatic rings. The van der Waals surface area contributed by atoms with Gasteiger partial charge in [-0.1, -0.05) is 20.8 Å². The van der Waals surface area contributed by atoms with Gasteiger partial charge in [-0.15, -0.1) is 0 Å². The molecule has 0 radical (unpaired) electrons. The zero-order valence-electron chi connectivity index (χ0n) is 9.07. The third kappa shape index (κ3) is 4.23. The molecule has 3 N–H and O–H groups in total. The number of nitrogens with two attached hydrogens (primary N) is 1. The molecule has 82 valence electrons. The summed E-state index contributed by atoms with van der Waals surface area (Å²) >= 11 is 0. The molecule has 0 aromatic rings. The molecule has 1 unspecified atom stereocenters. The molecular formula is C9H18N2O3. The lowest BCUT2D eigenvalue weighted by molar-refractivity contribution is -0.146. The minimum absolute atomic E-state index is 0.0668. The van der Waals surface area contributed by atoms with Crippen LogP contribution in [0.3, 0.4) is 0 Å². The van der Waals surface area contributed by atoms with Gasteiger partial charge < -0.3 is 15.7 Å². The highest BCUT2D eigenvalue weighted by Gasteiger charge is 2.26. The number of likely N-dealkylation sites (N-methyl/N-ethyl adjacent to an activating group) is 1. The second-order valence-corrected chi connectivity index (χ2v) is 4.57. The first-order chi connectivity index (χ1) is 6.15. The molecule has 0 aromatic carbocycles. The van der Waals surface area contributed by atoms with Crippen LogP contribution >= 0.6 is 0 Å². The highest BCUT2D eigenvalue weighted by atomic mass is 16.4. The van der Waals surface area contributed by atoms with Crippen molar-refractivity contribution in [3.63, 3.8) is 0 Å². The first-order valence-electron chi connectivity index (χ1n) is 4.38. The lowest BCUT2D eigenvalue weighted by atomic mass is 9.96. The van der Waals surface area contributed by atoms with Crippen LogP contribution in [0.25, 0.3) is 0 Å². The Labute approximate surface area is 83.9 Å². The van der Waals surface area contributed by atoms with Crippen LogP contribution < -0.4 is 5.73 Å². The van der Waals surface area contributed by atoms with Crippen molar-refractivity contribution in [3.8, 4) is 0 Å². The monoisotopic (exact) mass is 202 g/mol. The normalized spacial score (nSPS) is 13.5. The van der Waals surface area contributed by atoms with Crippen molar-refractivity contribution in [1.29, 1.82) is 0 Å². The number of amides is 1. The van der Waals surface area contributed by atoms with Gasteiger partial charge in [0.15, 0.2) is 6.04 Å². The molecule has 5 heteroatoms. The summed E-state index contributed by atoms with van der Waals surface area (Å²) in [6.45, 7) is 6.36. The molecule has 0 aliphatic carbocycles. The summed E-state index contributed by atoms with van der Waals surface area (Å²) in [5.41, 5.74) is 5.12. The third-order valence-corrected chi connectivity index (χ3v) is 1.62. The molecule has 0 aliphatic heterocycles. The second-order valence-electron chi connectivity index (χ2n) is 4.57. The first-order valence-corrected chi connectivity index (χ1v) is 4.38. The van der Waals surface area contributed by atoms with Crippen molar-refractivity contribution in [3.05, 3.63) is 0 Å². The fourth-order valence-electron chi connectivity index (χ4n) is 1.13. The molecule has 0 saturated carbocycles. The number of carboxylic acids is 1. The van der Waals surface area contributed by atoms with Gasteiger partial charge in [-0.05, 0) is 5.41 Å². The topological polar surface area (TPSA) is 83.6 Å². The maximum absolute atomic E-state index is 11.4. The third-order valence-electron chi connectivity index (χ3n) is 1.62. The van der Waals surface area contributed by atoms with Crippen LogP contribution in [0.5, 0.6) is 0 Å². The number of nitrogens with zero attached hydrogens (tertiary/aromatic N) is 1. The molecule has 5 nitrogen and oxygen atoms in total. The van der Waals surface area contributed by atoms with Gasteiger partial charge in [0.25, 0.3) is 5.91 Å². The van der Waals surface area contributed by atoms with E-state index in [9.17, 15) is 9.59 Å². The molecule has 14 heavy (non-hydrogen) atoms. The largest absolute Gasteiger partial charge is 0.480 e. The highest BCUT2D eigenvalue weighted by Crippen LogP contribution is 2.14. The Balaban J connectivity index is 4.33. The number of hydrogen-bond acceptors (Lipinski definition) is 3. The van der Waals surface area contributed by atoms with E-state index < -0.39 is 17.9 Å².